The molecule has 4 amide bonds. The number of carbonyl (C=O) groups is 3. The fraction of sp³-hybridized carbons (Fsp3) is 0.375. The number of thiophene rings is 1. The van der Waals surface area contributed by atoms with E-state index >= 15 is 0 Å². The van der Waals surface area contributed by atoms with Gasteiger partial charge in [0.15, 0.2) is 5.65 Å². The van der Waals surface area contributed by atoms with Crippen molar-refractivity contribution in [1.29, 1.82) is 0 Å². The summed E-state index contributed by atoms with van der Waals surface area (Å²) < 4.78 is 1.70. The molecule has 3 aromatic heterocycles. The normalized spacial score (nSPS) is 19.2. The van der Waals surface area contributed by atoms with Crippen molar-refractivity contribution >= 4 is 46.7 Å². The molecule has 11 nitrogen and oxygen atoms in total. The van der Waals surface area contributed by atoms with Gasteiger partial charge in [-0.15, -0.1) is 11.3 Å². The van der Waals surface area contributed by atoms with Crippen molar-refractivity contribution in [2.45, 2.75) is 31.7 Å². The van der Waals surface area contributed by atoms with Crippen LogP contribution >= 0.6 is 11.3 Å². The van der Waals surface area contributed by atoms with Crippen LogP contribution in [-0.4, -0.2) is 69.6 Å². The topological polar surface area (TPSA) is 133 Å². The lowest BCUT2D eigenvalue weighted by atomic mass is 10.2. The lowest BCUT2D eigenvalue weighted by Gasteiger charge is -2.14. The summed E-state index contributed by atoms with van der Waals surface area (Å²) in [6.45, 7) is 3.71. The van der Waals surface area contributed by atoms with E-state index in [-0.39, 0.29) is 11.6 Å². The highest BCUT2D eigenvalue weighted by Gasteiger charge is 2.26. The van der Waals surface area contributed by atoms with Gasteiger partial charge in [-0.1, -0.05) is 0 Å². The largest absolute Gasteiger partial charge is 0.367 e. The Balaban J connectivity index is 1.27. The third-order valence-corrected chi connectivity index (χ3v) is 7.55. The number of hydrogen-bond donors (Lipinski definition) is 4. The fourth-order valence-corrected chi connectivity index (χ4v) is 5.29. The van der Waals surface area contributed by atoms with E-state index in [1.165, 1.54) is 24.2 Å². The average Bonchev–Trinajstić information content (AvgIpc) is 3.27. The second-order valence-electron chi connectivity index (χ2n) is 9.22. The fourth-order valence-electron chi connectivity index (χ4n) is 4.40. The maximum absolute atomic E-state index is 12.7. The number of aromatic nitrogens is 3. The summed E-state index contributed by atoms with van der Waals surface area (Å²) in [5.41, 5.74) is 1.98. The molecule has 1 aliphatic carbocycles. The molecule has 0 bridgehead atoms. The summed E-state index contributed by atoms with van der Waals surface area (Å²) in [6, 6.07) is 5.48. The Morgan fingerprint density at radius 2 is 2.03 bits per heavy atom. The summed E-state index contributed by atoms with van der Waals surface area (Å²) in [5.74, 6) is 0.207. The summed E-state index contributed by atoms with van der Waals surface area (Å²) in [7, 11) is 0. The van der Waals surface area contributed by atoms with Crippen molar-refractivity contribution in [3.05, 3.63) is 40.5 Å². The number of amides is 4. The molecule has 2 saturated heterocycles. The molecule has 3 aromatic rings. The molecule has 186 valence electrons. The number of nitrogens with zero attached hydrogens (tertiary/aromatic N) is 4. The summed E-state index contributed by atoms with van der Waals surface area (Å²) in [5, 5.41) is 15.7. The van der Waals surface area contributed by atoms with Crippen molar-refractivity contribution in [3.8, 4) is 10.6 Å². The number of likely N-dealkylation sites (tertiary alicyclic amines) is 1. The molecule has 0 atom stereocenters. The van der Waals surface area contributed by atoms with Gasteiger partial charge in [0.05, 0.1) is 21.6 Å². The maximum Gasteiger partial charge on any atom is 0.326 e. The molecular formula is C24H26N8O3S. The Morgan fingerprint density at radius 1 is 1.19 bits per heavy atom. The Hall–Kier alpha value is -3.77. The zero-order valence-electron chi connectivity index (χ0n) is 19.5. The summed E-state index contributed by atoms with van der Waals surface area (Å²) in [4.78, 5) is 44.9. The number of hydrogen-bond acceptors (Lipinski definition) is 8. The molecule has 36 heavy (non-hydrogen) atoms. The molecule has 2 aliphatic heterocycles. The first-order valence-electron chi connectivity index (χ1n) is 12.1. The maximum atomic E-state index is 12.7. The molecule has 6 rings (SSSR count). The van der Waals surface area contributed by atoms with E-state index in [1.54, 1.807) is 16.8 Å². The van der Waals surface area contributed by atoms with Crippen LogP contribution in [0.5, 0.6) is 0 Å². The molecule has 3 aliphatic rings. The Bertz CT molecular complexity index is 1380. The van der Waals surface area contributed by atoms with E-state index in [1.807, 2.05) is 18.2 Å². The molecule has 0 aromatic carbocycles. The Labute approximate surface area is 211 Å². The quantitative estimate of drug-likeness (QED) is 0.271. The number of nitrogens with one attached hydrogen (secondary N) is 4. The van der Waals surface area contributed by atoms with E-state index in [2.05, 4.69) is 31.3 Å². The number of urea groups is 1. The molecule has 0 spiro atoms. The average molecular weight is 507 g/mol. The van der Waals surface area contributed by atoms with Gasteiger partial charge in [0.2, 0.25) is 0 Å². The van der Waals surface area contributed by atoms with Crippen LogP contribution in [0.2, 0.25) is 0 Å². The van der Waals surface area contributed by atoms with Crippen LogP contribution in [0.1, 0.15) is 40.9 Å². The van der Waals surface area contributed by atoms with Crippen LogP contribution in [0.3, 0.4) is 0 Å². The third-order valence-electron chi connectivity index (χ3n) is 6.44. The number of imide groups is 1. The first-order chi connectivity index (χ1) is 17.5. The lowest BCUT2D eigenvalue weighted by molar-refractivity contribution is -0.115. The van der Waals surface area contributed by atoms with Crippen LogP contribution in [0.4, 0.5) is 10.6 Å². The highest BCUT2D eigenvalue weighted by Crippen LogP contribution is 2.32. The number of anilines is 1. The smallest absolute Gasteiger partial charge is 0.326 e. The van der Waals surface area contributed by atoms with Gasteiger partial charge in [-0.25, -0.2) is 9.78 Å². The van der Waals surface area contributed by atoms with Crippen molar-refractivity contribution in [2.75, 3.05) is 31.5 Å². The SMILES string of the molecule is O=C1NC(=O)/C(=C/c2cnn3c(NC4CC4)cc(-c4ccc(C(=O)NCCN5CCCC5)s4)nc23)N1. The Kier molecular flexibility index (Phi) is 5.89. The molecule has 4 N–H and O–H groups in total. The van der Waals surface area contributed by atoms with Gasteiger partial charge < -0.3 is 20.9 Å². The highest BCUT2D eigenvalue weighted by molar-refractivity contribution is 7.17. The van der Waals surface area contributed by atoms with Gasteiger partial charge in [0.25, 0.3) is 11.8 Å². The lowest BCUT2D eigenvalue weighted by Crippen LogP contribution is -2.33. The zero-order valence-corrected chi connectivity index (χ0v) is 20.4. The van der Waals surface area contributed by atoms with Crippen LogP contribution in [-0.2, 0) is 4.79 Å². The van der Waals surface area contributed by atoms with Gasteiger partial charge in [-0.3, -0.25) is 14.9 Å². The second-order valence-corrected chi connectivity index (χ2v) is 10.3. The highest BCUT2D eigenvalue weighted by atomic mass is 32.1. The van der Waals surface area contributed by atoms with Gasteiger partial charge in [0, 0.05) is 30.8 Å². The van der Waals surface area contributed by atoms with Crippen LogP contribution in [0, 0.1) is 0 Å². The standard InChI is InChI=1S/C24H26N8O3S/c33-22-17(29-24(35)30-22)11-14-13-26-32-20(27-15-3-4-15)12-16(28-21(14)32)18-5-6-19(36-18)23(34)25-7-10-31-8-1-2-9-31/h5-6,11-13,15,27H,1-4,7-10H2,(H,25,34)(H2,29,30,33,35)/b17-11-. The van der Waals surface area contributed by atoms with Crippen molar-refractivity contribution < 1.29 is 14.4 Å². The molecule has 12 heteroatoms. The second kappa shape index (κ2) is 9.36. The first kappa shape index (κ1) is 22.7. The molecule has 5 heterocycles. The van der Waals surface area contributed by atoms with Gasteiger partial charge in [0.1, 0.15) is 11.5 Å². The van der Waals surface area contributed by atoms with Gasteiger partial charge >= 0.3 is 6.03 Å². The van der Waals surface area contributed by atoms with Gasteiger partial charge in [-0.05, 0) is 57.0 Å². The minimum atomic E-state index is -0.558. The van der Waals surface area contributed by atoms with Crippen LogP contribution in [0.25, 0.3) is 22.3 Å². The van der Waals surface area contributed by atoms with Gasteiger partial charge in [-0.2, -0.15) is 9.61 Å². The number of rotatable bonds is 8. The summed E-state index contributed by atoms with van der Waals surface area (Å²) in [6.07, 6.45) is 7.81. The van der Waals surface area contributed by atoms with E-state index in [0.717, 1.165) is 43.2 Å². The summed E-state index contributed by atoms with van der Waals surface area (Å²) >= 11 is 1.39. The van der Waals surface area contributed by atoms with Crippen molar-refractivity contribution in [2.24, 2.45) is 0 Å². The number of fused-ring (bicyclic) bond motifs is 1. The minimum absolute atomic E-state index is 0.0828. The van der Waals surface area contributed by atoms with Crippen molar-refractivity contribution in [3.63, 3.8) is 0 Å². The Morgan fingerprint density at radius 3 is 2.78 bits per heavy atom. The van der Waals surface area contributed by atoms with E-state index < -0.39 is 11.9 Å². The molecule has 1 saturated carbocycles. The molecule has 0 radical (unpaired) electrons. The van der Waals surface area contributed by atoms with Crippen LogP contribution in [0.15, 0.2) is 30.1 Å². The first-order valence-corrected chi connectivity index (χ1v) is 13.0. The van der Waals surface area contributed by atoms with E-state index in [0.29, 0.717) is 34.4 Å². The predicted octanol–water partition coefficient (Wildman–Crippen LogP) is 2.04. The number of carbonyl (C=O) groups excluding carboxylic acids is 3. The van der Waals surface area contributed by atoms with Crippen molar-refractivity contribution in [1.82, 2.24) is 35.4 Å². The van der Waals surface area contributed by atoms with E-state index in [4.69, 9.17) is 4.98 Å². The molecule has 3 fully saturated rings. The minimum Gasteiger partial charge on any atom is -0.367 e. The van der Waals surface area contributed by atoms with Crippen LogP contribution < -0.4 is 21.3 Å². The molecule has 0 unspecified atom stereocenters. The molecular weight excluding hydrogens is 480 g/mol. The monoisotopic (exact) mass is 506 g/mol. The third kappa shape index (κ3) is 4.69. The predicted molar refractivity (Wildman–Crippen MR) is 136 cm³/mol. The zero-order chi connectivity index (χ0) is 24.6. The van der Waals surface area contributed by atoms with E-state index in [9.17, 15) is 14.4 Å².